The molecule has 0 saturated heterocycles. The van der Waals surface area contributed by atoms with Gasteiger partial charge < -0.3 is 0 Å². The molecule has 0 aromatic heterocycles. The Morgan fingerprint density at radius 3 is 3.11 bits per heavy atom. The van der Waals surface area contributed by atoms with Crippen LogP contribution in [-0.4, -0.2) is 12.3 Å². The second-order valence-electron chi connectivity index (χ2n) is 4.15. The van der Waals surface area contributed by atoms with E-state index in [-0.39, 0.29) is 5.78 Å². The molecular formula is C14H13N3O. The molecule has 0 radical (unpaired) electrons. The molecule has 2 rings (SSSR count). The van der Waals surface area contributed by atoms with Crippen LogP contribution in [-0.2, 0) is 6.42 Å². The van der Waals surface area contributed by atoms with Gasteiger partial charge in [-0.3, -0.25) is 4.79 Å². The fraction of sp³-hybridized carbons (Fsp3) is 0.357. The van der Waals surface area contributed by atoms with Gasteiger partial charge in [0.25, 0.3) is 0 Å². The molecule has 0 spiro atoms. The van der Waals surface area contributed by atoms with Crippen molar-refractivity contribution >= 4 is 5.78 Å². The Morgan fingerprint density at radius 1 is 1.39 bits per heavy atom. The number of fused-ring (bicyclic) bond motifs is 1. The minimum Gasteiger partial charge on any atom is -0.294 e. The molecule has 18 heavy (non-hydrogen) atoms. The van der Waals surface area contributed by atoms with Gasteiger partial charge in [-0.05, 0) is 36.1 Å². The van der Waals surface area contributed by atoms with Crippen LogP contribution < -0.4 is 0 Å². The first-order valence-electron chi connectivity index (χ1n) is 5.97. The minimum atomic E-state index is 0.217. The normalized spacial score (nSPS) is 13.0. The number of hydrogen-bond donors (Lipinski definition) is 0. The summed E-state index contributed by atoms with van der Waals surface area (Å²) in [5.41, 5.74) is 10.9. The molecule has 1 aliphatic carbocycles. The van der Waals surface area contributed by atoms with Crippen LogP contribution in [0.5, 0.6) is 0 Å². The summed E-state index contributed by atoms with van der Waals surface area (Å²) in [5.74, 6) is 6.14. The number of rotatable bonds is 2. The third kappa shape index (κ3) is 2.91. The SMILES string of the molecule is [N-]=[N+]=NCCC#Cc1ccc2c(c1)C(=O)CCC2. The number of carbonyl (C=O) groups is 1. The van der Waals surface area contributed by atoms with Gasteiger partial charge in [-0.2, -0.15) is 0 Å². The summed E-state index contributed by atoms with van der Waals surface area (Å²) in [7, 11) is 0. The maximum Gasteiger partial charge on any atom is 0.163 e. The first-order valence-corrected chi connectivity index (χ1v) is 5.97. The first kappa shape index (κ1) is 12.2. The molecule has 4 heteroatoms. The van der Waals surface area contributed by atoms with Gasteiger partial charge in [0, 0.05) is 35.4 Å². The zero-order chi connectivity index (χ0) is 12.8. The fourth-order valence-corrected chi connectivity index (χ4v) is 2.02. The molecule has 0 heterocycles. The Kier molecular flexibility index (Phi) is 4.01. The van der Waals surface area contributed by atoms with Gasteiger partial charge in [0.15, 0.2) is 5.78 Å². The van der Waals surface area contributed by atoms with Crippen LogP contribution in [0, 0.1) is 11.8 Å². The lowest BCUT2D eigenvalue weighted by Gasteiger charge is -2.14. The van der Waals surface area contributed by atoms with Crippen molar-refractivity contribution in [3.63, 3.8) is 0 Å². The molecule has 0 fully saturated rings. The van der Waals surface area contributed by atoms with Crippen LogP contribution in [0.2, 0.25) is 0 Å². The number of nitrogens with zero attached hydrogens (tertiary/aromatic N) is 3. The zero-order valence-corrected chi connectivity index (χ0v) is 10.0. The molecule has 0 atom stereocenters. The third-order valence-electron chi connectivity index (χ3n) is 2.89. The Morgan fingerprint density at radius 2 is 2.28 bits per heavy atom. The van der Waals surface area contributed by atoms with Crippen molar-refractivity contribution in [3.8, 4) is 11.8 Å². The summed E-state index contributed by atoms with van der Waals surface area (Å²) in [6.07, 6.45) is 3.10. The highest BCUT2D eigenvalue weighted by Crippen LogP contribution is 2.21. The highest BCUT2D eigenvalue weighted by Gasteiger charge is 2.16. The molecule has 0 aliphatic heterocycles. The van der Waals surface area contributed by atoms with Crippen molar-refractivity contribution in [2.75, 3.05) is 6.54 Å². The predicted molar refractivity (Wildman–Crippen MR) is 69.2 cm³/mol. The van der Waals surface area contributed by atoms with Crippen molar-refractivity contribution in [3.05, 3.63) is 45.3 Å². The first-order chi connectivity index (χ1) is 8.81. The Bertz CT molecular complexity index is 574. The molecule has 1 aliphatic rings. The van der Waals surface area contributed by atoms with E-state index in [2.05, 4.69) is 21.9 Å². The van der Waals surface area contributed by atoms with Crippen LogP contribution in [0.25, 0.3) is 10.4 Å². The number of ketones is 1. The predicted octanol–water partition coefficient (Wildman–Crippen LogP) is 3.26. The maximum atomic E-state index is 11.7. The van der Waals surface area contributed by atoms with Crippen molar-refractivity contribution < 1.29 is 4.79 Å². The molecular weight excluding hydrogens is 226 g/mol. The van der Waals surface area contributed by atoms with Gasteiger partial charge >= 0.3 is 0 Å². The molecule has 4 nitrogen and oxygen atoms in total. The topological polar surface area (TPSA) is 65.8 Å². The summed E-state index contributed by atoms with van der Waals surface area (Å²) in [5, 5.41) is 3.41. The van der Waals surface area contributed by atoms with Gasteiger partial charge in [-0.25, -0.2) is 0 Å². The lowest BCUT2D eigenvalue weighted by molar-refractivity contribution is 0.0972. The Balaban J connectivity index is 2.13. The number of aryl methyl sites for hydroxylation is 1. The van der Waals surface area contributed by atoms with Crippen LogP contribution in [0.1, 0.15) is 40.7 Å². The van der Waals surface area contributed by atoms with Crippen LogP contribution in [0.15, 0.2) is 23.3 Å². The number of hydrogen-bond acceptors (Lipinski definition) is 2. The summed E-state index contributed by atoms with van der Waals surface area (Å²) in [6, 6.07) is 5.80. The van der Waals surface area contributed by atoms with Crippen LogP contribution in [0.3, 0.4) is 0 Å². The third-order valence-corrected chi connectivity index (χ3v) is 2.89. The lowest BCUT2D eigenvalue weighted by Crippen LogP contribution is -2.10. The number of Topliss-reactive ketones (excluding diaryl/α,β-unsaturated/α-hetero) is 1. The zero-order valence-electron chi connectivity index (χ0n) is 10.0. The molecule has 1 aromatic rings. The average Bonchev–Trinajstić information content (AvgIpc) is 2.39. The highest BCUT2D eigenvalue weighted by atomic mass is 16.1. The average molecular weight is 239 g/mol. The summed E-state index contributed by atoms with van der Waals surface area (Å²) in [6.45, 7) is 0.382. The standard InChI is InChI=1S/C14H13N3O/c15-17-16-9-2-1-4-11-7-8-12-5-3-6-14(18)13(12)10-11/h7-8,10H,2-3,5-6,9H2. The maximum absolute atomic E-state index is 11.7. The smallest absolute Gasteiger partial charge is 0.163 e. The van der Waals surface area contributed by atoms with Gasteiger partial charge in [0.1, 0.15) is 0 Å². The Hall–Kier alpha value is -2.24. The molecule has 0 amide bonds. The van der Waals surface area contributed by atoms with Crippen molar-refractivity contribution in [2.24, 2.45) is 5.11 Å². The van der Waals surface area contributed by atoms with Crippen molar-refractivity contribution in [2.45, 2.75) is 25.7 Å². The van der Waals surface area contributed by atoms with Crippen LogP contribution >= 0.6 is 0 Å². The van der Waals surface area contributed by atoms with E-state index in [9.17, 15) is 4.79 Å². The van der Waals surface area contributed by atoms with Gasteiger partial charge in [-0.1, -0.05) is 23.0 Å². The van der Waals surface area contributed by atoms with E-state index in [0.29, 0.717) is 19.4 Å². The largest absolute Gasteiger partial charge is 0.294 e. The number of carbonyl (C=O) groups excluding carboxylic acids is 1. The quantitative estimate of drug-likeness (QED) is 0.257. The van der Waals surface area contributed by atoms with E-state index < -0.39 is 0 Å². The van der Waals surface area contributed by atoms with E-state index in [0.717, 1.165) is 29.5 Å². The number of benzene rings is 1. The molecule has 0 saturated carbocycles. The van der Waals surface area contributed by atoms with E-state index in [1.54, 1.807) is 0 Å². The van der Waals surface area contributed by atoms with Crippen molar-refractivity contribution in [1.82, 2.24) is 0 Å². The van der Waals surface area contributed by atoms with Gasteiger partial charge in [0.05, 0.1) is 0 Å². The van der Waals surface area contributed by atoms with Crippen LogP contribution in [0.4, 0.5) is 0 Å². The van der Waals surface area contributed by atoms with E-state index >= 15 is 0 Å². The van der Waals surface area contributed by atoms with Crippen molar-refractivity contribution in [1.29, 1.82) is 0 Å². The molecule has 1 aromatic carbocycles. The summed E-state index contributed by atoms with van der Waals surface area (Å²) < 4.78 is 0. The van der Waals surface area contributed by atoms with Gasteiger partial charge in [-0.15, -0.1) is 0 Å². The minimum absolute atomic E-state index is 0.217. The second-order valence-corrected chi connectivity index (χ2v) is 4.15. The van der Waals surface area contributed by atoms with E-state index in [1.807, 2.05) is 18.2 Å². The number of azide groups is 1. The summed E-state index contributed by atoms with van der Waals surface area (Å²) in [4.78, 5) is 14.4. The highest BCUT2D eigenvalue weighted by molar-refractivity contribution is 5.98. The fourth-order valence-electron chi connectivity index (χ4n) is 2.02. The molecule has 0 N–H and O–H groups in total. The van der Waals surface area contributed by atoms with Gasteiger partial charge in [0.2, 0.25) is 0 Å². The molecule has 0 unspecified atom stereocenters. The van der Waals surface area contributed by atoms with E-state index in [1.165, 1.54) is 0 Å². The monoisotopic (exact) mass is 239 g/mol. The summed E-state index contributed by atoms with van der Waals surface area (Å²) >= 11 is 0. The molecule has 0 bridgehead atoms. The second kappa shape index (κ2) is 5.90. The lowest BCUT2D eigenvalue weighted by atomic mass is 9.89. The van der Waals surface area contributed by atoms with E-state index in [4.69, 9.17) is 5.53 Å². The Labute approximate surface area is 106 Å². The molecule has 90 valence electrons.